The van der Waals surface area contributed by atoms with Gasteiger partial charge >= 0.3 is 0 Å². The number of hydrogen-bond donors (Lipinski definition) is 2. The first kappa shape index (κ1) is 17.8. The molecule has 0 aliphatic heterocycles. The van der Waals surface area contributed by atoms with E-state index >= 15 is 0 Å². The molecule has 0 fully saturated rings. The van der Waals surface area contributed by atoms with Crippen LogP contribution in [0.15, 0.2) is 48.8 Å². The highest BCUT2D eigenvalue weighted by Crippen LogP contribution is 2.23. The average Bonchev–Trinajstić information content (AvgIpc) is 2.61. The summed E-state index contributed by atoms with van der Waals surface area (Å²) >= 11 is 5.98. The lowest BCUT2D eigenvalue weighted by Gasteiger charge is -2.10. The molecule has 8 heteroatoms. The number of rotatable bonds is 4. The zero-order chi connectivity index (χ0) is 18.7. The van der Waals surface area contributed by atoms with Crippen LogP contribution in [0.4, 0.5) is 26.0 Å². The summed E-state index contributed by atoms with van der Waals surface area (Å²) < 4.78 is 26.6. The first-order valence-electron chi connectivity index (χ1n) is 7.54. The summed E-state index contributed by atoms with van der Waals surface area (Å²) in [4.78, 5) is 20.2. The summed E-state index contributed by atoms with van der Waals surface area (Å²) in [5, 5.41) is 5.95. The number of aromatic nitrogens is 2. The minimum Gasteiger partial charge on any atom is -0.340 e. The highest BCUT2D eigenvalue weighted by molar-refractivity contribution is 6.30. The fourth-order valence-corrected chi connectivity index (χ4v) is 2.37. The van der Waals surface area contributed by atoms with Crippen LogP contribution in [0.2, 0.25) is 5.02 Å². The summed E-state index contributed by atoms with van der Waals surface area (Å²) in [5.41, 5.74) is 1.54. The number of nitrogens with zero attached hydrogens (tertiary/aromatic N) is 2. The summed E-state index contributed by atoms with van der Waals surface area (Å²) in [6, 6.07) is 9.62. The fraction of sp³-hybridized carbons (Fsp3) is 0.0556. The predicted molar refractivity (Wildman–Crippen MR) is 95.8 cm³/mol. The Hall–Kier alpha value is -3.06. The van der Waals surface area contributed by atoms with Gasteiger partial charge < -0.3 is 10.6 Å². The van der Waals surface area contributed by atoms with Gasteiger partial charge in [0, 0.05) is 22.8 Å². The van der Waals surface area contributed by atoms with Crippen LogP contribution in [-0.2, 0) is 0 Å². The summed E-state index contributed by atoms with van der Waals surface area (Å²) in [5.74, 6) is -1.88. The first-order valence-corrected chi connectivity index (χ1v) is 7.92. The number of aryl methyl sites for hydroxylation is 1. The van der Waals surface area contributed by atoms with Gasteiger partial charge in [-0.1, -0.05) is 17.7 Å². The molecule has 0 unspecified atom stereocenters. The summed E-state index contributed by atoms with van der Waals surface area (Å²) in [6.07, 6.45) is 1.21. The van der Waals surface area contributed by atoms with Crippen molar-refractivity contribution in [3.05, 3.63) is 76.7 Å². The molecule has 2 aromatic carbocycles. The van der Waals surface area contributed by atoms with E-state index in [9.17, 15) is 13.6 Å². The van der Waals surface area contributed by atoms with Crippen molar-refractivity contribution >= 4 is 34.7 Å². The van der Waals surface area contributed by atoms with Crippen LogP contribution in [0, 0.1) is 18.6 Å². The van der Waals surface area contributed by atoms with Gasteiger partial charge in [0.25, 0.3) is 5.91 Å². The number of hydrogen-bond acceptors (Lipinski definition) is 4. The Kier molecular flexibility index (Phi) is 5.09. The molecule has 0 saturated carbocycles. The third-order valence-corrected chi connectivity index (χ3v) is 3.78. The van der Waals surface area contributed by atoms with Crippen molar-refractivity contribution < 1.29 is 13.6 Å². The molecule has 0 aliphatic rings. The van der Waals surface area contributed by atoms with E-state index in [0.717, 1.165) is 23.4 Å². The maximum absolute atomic E-state index is 13.7. The molecule has 26 heavy (non-hydrogen) atoms. The van der Waals surface area contributed by atoms with Gasteiger partial charge in [-0.25, -0.2) is 18.7 Å². The van der Waals surface area contributed by atoms with E-state index in [4.69, 9.17) is 11.6 Å². The second-order valence-electron chi connectivity index (χ2n) is 5.45. The van der Waals surface area contributed by atoms with Crippen LogP contribution < -0.4 is 10.6 Å². The molecule has 0 atom stereocenters. The Morgan fingerprint density at radius 3 is 2.62 bits per heavy atom. The van der Waals surface area contributed by atoms with Crippen LogP contribution in [0.3, 0.4) is 0 Å². The molecule has 0 bridgehead atoms. The Bertz CT molecular complexity index is 981. The Balaban J connectivity index is 1.80. The van der Waals surface area contributed by atoms with Gasteiger partial charge in [0.05, 0.1) is 5.69 Å². The van der Waals surface area contributed by atoms with Gasteiger partial charge in [0.1, 0.15) is 29.5 Å². The third kappa shape index (κ3) is 4.12. The molecular formula is C18H13ClF2N4O. The lowest BCUT2D eigenvalue weighted by Crippen LogP contribution is -2.15. The molecular weight excluding hydrogens is 362 g/mol. The SMILES string of the molecule is Cc1ccc(Cl)cc1Nc1cc(C(=O)Nc2ccc(F)cc2F)ncn1. The van der Waals surface area contributed by atoms with Crippen molar-refractivity contribution in [2.75, 3.05) is 10.6 Å². The first-order chi connectivity index (χ1) is 12.4. The normalized spacial score (nSPS) is 10.5. The van der Waals surface area contributed by atoms with Crippen molar-refractivity contribution in [3.8, 4) is 0 Å². The topological polar surface area (TPSA) is 66.9 Å². The molecule has 1 aromatic heterocycles. The zero-order valence-corrected chi connectivity index (χ0v) is 14.3. The molecule has 5 nitrogen and oxygen atoms in total. The van der Waals surface area contributed by atoms with Crippen molar-refractivity contribution in [1.29, 1.82) is 0 Å². The highest BCUT2D eigenvalue weighted by Gasteiger charge is 2.13. The van der Waals surface area contributed by atoms with Gasteiger partial charge in [0.2, 0.25) is 0 Å². The van der Waals surface area contributed by atoms with Gasteiger partial charge in [-0.2, -0.15) is 0 Å². The predicted octanol–water partition coefficient (Wildman–Crippen LogP) is 4.71. The lowest BCUT2D eigenvalue weighted by atomic mass is 10.2. The van der Waals surface area contributed by atoms with Crippen molar-refractivity contribution in [3.63, 3.8) is 0 Å². The van der Waals surface area contributed by atoms with E-state index in [0.29, 0.717) is 16.9 Å². The van der Waals surface area contributed by atoms with Gasteiger partial charge in [-0.3, -0.25) is 4.79 Å². The molecule has 0 saturated heterocycles. The molecule has 3 rings (SSSR count). The van der Waals surface area contributed by atoms with Gasteiger partial charge in [-0.15, -0.1) is 0 Å². The zero-order valence-electron chi connectivity index (χ0n) is 13.6. The van der Waals surface area contributed by atoms with Crippen LogP contribution in [0.25, 0.3) is 0 Å². The van der Waals surface area contributed by atoms with E-state index in [1.165, 1.54) is 12.4 Å². The lowest BCUT2D eigenvalue weighted by molar-refractivity contribution is 0.102. The van der Waals surface area contributed by atoms with Crippen molar-refractivity contribution in [2.45, 2.75) is 6.92 Å². The second kappa shape index (κ2) is 7.45. The minimum atomic E-state index is -0.875. The van der Waals surface area contributed by atoms with E-state index < -0.39 is 17.5 Å². The second-order valence-corrected chi connectivity index (χ2v) is 5.89. The average molecular weight is 375 g/mol. The molecule has 0 radical (unpaired) electrons. The highest BCUT2D eigenvalue weighted by atomic mass is 35.5. The van der Waals surface area contributed by atoms with E-state index in [1.807, 2.05) is 13.0 Å². The summed E-state index contributed by atoms with van der Waals surface area (Å²) in [6.45, 7) is 1.89. The molecule has 1 amide bonds. The monoisotopic (exact) mass is 374 g/mol. The largest absolute Gasteiger partial charge is 0.340 e. The molecule has 132 valence electrons. The molecule has 3 aromatic rings. The van der Waals surface area contributed by atoms with E-state index in [1.54, 1.807) is 12.1 Å². The Labute approximate surface area is 153 Å². The maximum atomic E-state index is 13.7. The number of amides is 1. The van der Waals surface area contributed by atoms with Crippen molar-refractivity contribution in [1.82, 2.24) is 9.97 Å². The maximum Gasteiger partial charge on any atom is 0.274 e. The number of carbonyl (C=O) groups excluding carboxylic acids is 1. The molecule has 2 N–H and O–H groups in total. The van der Waals surface area contributed by atoms with E-state index in [2.05, 4.69) is 20.6 Å². The van der Waals surface area contributed by atoms with Crippen LogP contribution in [0.5, 0.6) is 0 Å². The standard InChI is InChI=1S/C18H13ClF2N4O/c1-10-2-3-11(19)6-15(10)24-17-8-16(22-9-23-17)18(26)25-14-5-4-12(20)7-13(14)21/h2-9H,1H3,(H,25,26)(H,22,23,24). The molecule has 0 aliphatic carbocycles. The number of halogens is 3. The number of nitrogens with one attached hydrogen (secondary N) is 2. The van der Waals surface area contributed by atoms with Crippen LogP contribution in [0.1, 0.15) is 16.1 Å². The fourth-order valence-electron chi connectivity index (χ4n) is 2.19. The van der Waals surface area contributed by atoms with Crippen LogP contribution >= 0.6 is 11.6 Å². The van der Waals surface area contributed by atoms with Gasteiger partial charge in [0.15, 0.2) is 0 Å². The van der Waals surface area contributed by atoms with Gasteiger partial charge in [-0.05, 0) is 36.8 Å². The number of benzene rings is 2. The smallest absolute Gasteiger partial charge is 0.274 e. The Morgan fingerprint density at radius 2 is 1.85 bits per heavy atom. The molecule has 0 spiro atoms. The minimum absolute atomic E-state index is 0.0194. The summed E-state index contributed by atoms with van der Waals surface area (Å²) in [7, 11) is 0. The quantitative estimate of drug-likeness (QED) is 0.694. The van der Waals surface area contributed by atoms with Crippen LogP contribution in [-0.4, -0.2) is 15.9 Å². The Morgan fingerprint density at radius 1 is 1.04 bits per heavy atom. The molecule has 1 heterocycles. The number of carbonyl (C=O) groups is 1. The third-order valence-electron chi connectivity index (χ3n) is 3.54. The van der Waals surface area contributed by atoms with E-state index in [-0.39, 0.29) is 11.4 Å². The van der Waals surface area contributed by atoms with Crippen molar-refractivity contribution in [2.24, 2.45) is 0 Å². The number of anilines is 3.